The molecule has 0 spiro atoms. The van der Waals surface area contributed by atoms with E-state index in [-0.39, 0.29) is 18.6 Å². The molecule has 2 N–H and O–H groups in total. The molecule has 2 rings (SSSR count). The van der Waals surface area contributed by atoms with E-state index in [1.165, 1.54) is 19.3 Å². The molecule has 1 atom stereocenters. The number of carbonyl (C=O) groups excluding carboxylic acids is 1. The molecule has 104 valence electrons. The number of hydrogen-bond acceptors (Lipinski definition) is 3. The highest BCUT2D eigenvalue weighted by Crippen LogP contribution is 2.27. The van der Waals surface area contributed by atoms with Gasteiger partial charge in [0.2, 0.25) is 0 Å². The second kappa shape index (κ2) is 7.24. The number of aromatic nitrogens is 1. The first kappa shape index (κ1) is 14.0. The van der Waals surface area contributed by atoms with Crippen LogP contribution in [0, 0.1) is 5.92 Å². The minimum atomic E-state index is -0.0860. The maximum Gasteiger partial charge on any atom is 0.253 e. The van der Waals surface area contributed by atoms with Crippen LogP contribution in [0.4, 0.5) is 0 Å². The molecule has 1 aromatic heterocycles. The van der Waals surface area contributed by atoms with Crippen LogP contribution >= 0.6 is 0 Å². The van der Waals surface area contributed by atoms with Gasteiger partial charge >= 0.3 is 0 Å². The quantitative estimate of drug-likeness (QED) is 0.854. The van der Waals surface area contributed by atoms with Crippen molar-refractivity contribution in [3.63, 3.8) is 0 Å². The maximum atomic E-state index is 12.1. The monoisotopic (exact) mass is 262 g/mol. The number of amides is 1. The van der Waals surface area contributed by atoms with Gasteiger partial charge in [0.25, 0.3) is 5.91 Å². The number of rotatable bonds is 5. The molecule has 1 saturated carbocycles. The summed E-state index contributed by atoms with van der Waals surface area (Å²) in [5.74, 6) is 0.415. The number of hydrogen-bond donors (Lipinski definition) is 2. The van der Waals surface area contributed by atoms with Gasteiger partial charge in [-0.2, -0.15) is 0 Å². The van der Waals surface area contributed by atoms with Crippen molar-refractivity contribution in [2.75, 3.05) is 6.61 Å². The summed E-state index contributed by atoms with van der Waals surface area (Å²) >= 11 is 0. The Bertz CT molecular complexity index is 388. The minimum Gasteiger partial charge on any atom is -0.396 e. The lowest BCUT2D eigenvalue weighted by atomic mass is 9.82. The molecule has 1 heterocycles. The molecule has 0 bridgehead atoms. The fourth-order valence-corrected chi connectivity index (χ4v) is 2.85. The molecule has 19 heavy (non-hydrogen) atoms. The molecule has 1 aliphatic carbocycles. The molecule has 1 amide bonds. The van der Waals surface area contributed by atoms with E-state index in [2.05, 4.69) is 10.3 Å². The van der Waals surface area contributed by atoms with Crippen LogP contribution < -0.4 is 5.32 Å². The van der Waals surface area contributed by atoms with Crippen LogP contribution in [0.1, 0.15) is 48.9 Å². The standard InChI is InChI=1S/C15H22N2O2/c18-10-8-14(12-5-2-1-3-6-12)17-15(19)13-7-4-9-16-11-13/h4,7,9,11-12,14,18H,1-3,5-6,8,10H2,(H,17,19). The van der Waals surface area contributed by atoms with Crippen LogP contribution in [0.2, 0.25) is 0 Å². The normalized spacial score (nSPS) is 17.9. The van der Waals surface area contributed by atoms with Gasteiger partial charge in [-0.25, -0.2) is 0 Å². The summed E-state index contributed by atoms with van der Waals surface area (Å²) in [4.78, 5) is 16.1. The van der Waals surface area contributed by atoms with Gasteiger partial charge in [-0.05, 0) is 37.3 Å². The summed E-state index contributed by atoms with van der Waals surface area (Å²) in [5.41, 5.74) is 0.584. The van der Waals surface area contributed by atoms with Crippen molar-refractivity contribution in [3.05, 3.63) is 30.1 Å². The number of nitrogens with zero attached hydrogens (tertiary/aromatic N) is 1. The third-order valence-corrected chi connectivity index (χ3v) is 3.90. The first-order valence-electron chi connectivity index (χ1n) is 7.13. The minimum absolute atomic E-state index is 0.0815. The molecule has 0 radical (unpaired) electrons. The smallest absolute Gasteiger partial charge is 0.253 e. The topological polar surface area (TPSA) is 62.2 Å². The van der Waals surface area contributed by atoms with Gasteiger partial charge in [-0.15, -0.1) is 0 Å². The second-order valence-electron chi connectivity index (χ2n) is 5.23. The Morgan fingerprint density at radius 3 is 2.84 bits per heavy atom. The van der Waals surface area contributed by atoms with Crippen molar-refractivity contribution in [3.8, 4) is 0 Å². The van der Waals surface area contributed by atoms with E-state index < -0.39 is 0 Å². The van der Waals surface area contributed by atoms with Crippen molar-refractivity contribution >= 4 is 5.91 Å². The van der Waals surface area contributed by atoms with Crippen molar-refractivity contribution in [1.29, 1.82) is 0 Å². The third kappa shape index (κ3) is 4.03. The zero-order valence-electron chi connectivity index (χ0n) is 11.2. The lowest BCUT2D eigenvalue weighted by molar-refractivity contribution is 0.0899. The van der Waals surface area contributed by atoms with E-state index in [1.54, 1.807) is 24.5 Å². The summed E-state index contributed by atoms with van der Waals surface area (Å²) in [6.45, 7) is 0.120. The number of nitrogens with one attached hydrogen (secondary N) is 1. The van der Waals surface area contributed by atoms with Gasteiger partial charge in [-0.1, -0.05) is 19.3 Å². The van der Waals surface area contributed by atoms with E-state index in [0.717, 1.165) is 12.8 Å². The Labute approximate surface area is 114 Å². The molecule has 0 aromatic carbocycles. The molecular formula is C15H22N2O2. The van der Waals surface area contributed by atoms with Gasteiger partial charge in [0.05, 0.1) is 5.56 Å². The fraction of sp³-hybridized carbons (Fsp3) is 0.600. The van der Waals surface area contributed by atoms with Crippen molar-refractivity contribution in [1.82, 2.24) is 10.3 Å². The zero-order chi connectivity index (χ0) is 13.5. The molecule has 1 aromatic rings. The molecule has 4 heteroatoms. The predicted molar refractivity (Wildman–Crippen MR) is 73.8 cm³/mol. The predicted octanol–water partition coefficient (Wildman–Crippen LogP) is 2.14. The number of aliphatic hydroxyl groups excluding tert-OH is 1. The summed E-state index contributed by atoms with van der Waals surface area (Å²) in [5, 5.41) is 12.3. The molecule has 0 aliphatic heterocycles. The van der Waals surface area contributed by atoms with E-state index in [1.807, 2.05) is 0 Å². The number of carbonyl (C=O) groups is 1. The van der Waals surface area contributed by atoms with E-state index in [0.29, 0.717) is 17.9 Å². The lowest BCUT2D eigenvalue weighted by Gasteiger charge is -2.30. The number of aliphatic hydroxyl groups is 1. The second-order valence-corrected chi connectivity index (χ2v) is 5.23. The van der Waals surface area contributed by atoms with Gasteiger partial charge in [0.1, 0.15) is 0 Å². The highest BCUT2D eigenvalue weighted by Gasteiger charge is 2.24. The largest absolute Gasteiger partial charge is 0.396 e. The molecular weight excluding hydrogens is 240 g/mol. The summed E-state index contributed by atoms with van der Waals surface area (Å²) in [7, 11) is 0. The molecule has 1 fully saturated rings. The van der Waals surface area contributed by atoms with Gasteiger partial charge in [-0.3, -0.25) is 9.78 Å². The van der Waals surface area contributed by atoms with E-state index in [4.69, 9.17) is 0 Å². The Balaban J connectivity index is 1.97. The molecule has 1 aliphatic rings. The summed E-state index contributed by atoms with van der Waals surface area (Å²) in [6, 6.07) is 3.61. The van der Waals surface area contributed by atoms with Crippen LogP contribution in [0.3, 0.4) is 0 Å². The van der Waals surface area contributed by atoms with Gasteiger partial charge in [0.15, 0.2) is 0 Å². The fourth-order valence-electron chi connectivity index (χ4n) is 2.85. The first-order valence-corrected chi connectivity index (χ1v) is 7.13. The van der Waals surface area contributed by atoms with Crippen molar-refractivity contribution in [2.45, 2.75) is 44.6 Å². The third-order valence-electron chi connectivity index (χ3n) is 3.90. The SMILES string of the molecule is O=C(NC(CCO)C1CCCCC1)c1cccnc1. The Morgan fingerprint density at radius 2 is 2.21 bits per heavy atom. The highest BCUT2D eigenvalue weighted by atomic mass is 16.3. The van der Waals surface area contributed by atoms with Crippen LogP contribution in [0.5, 0.6) is 0 Å². The Hall–Kier alpha value is -1.42. The Morgan fingerprint density at radius 1 is 1.42 bits per heavy atom. The average molecular weight is 262 g/mol. The van der Waals surface area contributed by atoms with Crippen molar-refractivity contribution < 1.29 is 9.90 Å². The maximum absolute atomic E-state index is 12.1. The highest BCUT2D eigenvalue weighted by molar-refractivity contribution is 5.94. The Kier molecular flexibility index (Phi) is 5.33. The van der Waals surface area contributed by atoms with Crippen LogP contribution in [-0.4, -0.2) is 28.6 Å². The van der Waals surface area contributed by atoms with Crippen molar-refractivity contribution in [2.24, 2.45) is 5.92 Å². The summed E-state index contributed by atoms with van der Waals surface area (Å²) in [6.07, 6.45) is 9.92. The molecule has 0 saturated heterocycles. The lowest BCUT2D eigenvalue weighted by Crippen LogP contribution is -2.41. The van der Waals surface area contributed by atoms with E-state index >= 15 is 0 Å². The molecule has 4 nitrogen and oxygen atoms in total. The van der Waals surface area contributed by atoms with Crippen LogP contribution in [0.15, 0.2) is 24.5 Å². The van der Waals surface area contributed by atoms with Crippen LogP contribution in [-0.2, 0) is 0 Å². The number of pyridine rings is 1. The first-order chi connectivity index (χ1) is 9.31. The zero-order valence-corrected chi connectivity index (χ0v) is 11.2. The van der Waals surface area contributed by atoms with Gasteiger partial charge < -0.3 is 10.4 Å². The van der Waals surface area contributed by atoms with E-state index in [9.17, 15) is 9.90 Å². The summed E-state index contributed by atoms with van der Waals surface area (Å²) < 4.78 is 0. The van der Waals surface area contributed by atoms with Crippen LogP contribution in [0.25, 0.3) is 0 Å². The average Bonchev–Trinajstić information content (AvgIpc) is 2.48. The van der Waals surface area contributed by atoms with Gasteiger partial charge in [0, 0.05) is 25.0 Å². The molecule has 1 unspecified atom stereocenters.